The van der Waals surface area contributed by atoms with E-state index in [0.29, 0.717) is 27.0 Å². The van der Waals surface area contributed by atoms with Gasteiger partial charge in [-0.15, -0.1) is 0 Å². The number of benzene rings is 3. The van der Waals surface area contributed by atoms with Crippen LogP contribution in [0.2, 0.25) is 0 Å². The second-order valence-electron chi connectivity index (χ2n) is 8.53. The minimum Gasteiger partial charge on any atom is -0.348 e. The van der Waals surface area contributed by atoms with E-state index in [1.807, 2.05) is 22.6 Å². The van der Waals surface area contributed by atoms with Crippen LogP contribution in [0.25, 0.3) is 0 Å². The first-order chi connectivity index (χ1) is 16.0. The first-order valence-corrected chi connectivity index (χ1v) is 11.4. The van der Waals surface area contributed by atoms with Crippen molar-refractivity contribution in [1.82, 2.24) is 5.32 Å². The molecule has 1 heterocycles. The van der Waals surface area contributed by atoms with Crippen LogP contribution >= 0.6 is 22.6 Å². The SMILES string of the molecule is CC1(C)C(=O)N(Cc2cccc(F)c2)c2cc(C(=O)NCc3c(F)cc(F)cc3F)cc(I)c21. The lowest BCUT2D eigenvalue weighted by atomic mass is 9.86. The monoisotopic (exact) mass is 582 g/mol. The molecule has 0 atom stereocenters. The second kappa shape index (κ2) is 9.01. The number of carbonyl (C=O) groups excluding carboxylic acids is 2. The lowest BCUT2D eigenvalue weighted by Crippen LogP contribution is -2.35. The molecule has 0 spiro atoms. The molecule has 34 heavy (non-hydrogen) atoms. The van der Waals surface area contributed by atoms with Crippen LogP contribution in [0, 0.1) is 26.8 Å². The van der Waals surface area contributed by atoms with Crippen molar-refractivity contribution >= 4 is 40.1 Å². The Morgan fingerprint density at radius 2 is 1.68 bits per heavy atom. The van der Waals surface area contributed by atoms with E-state index in [1.165, 1.54) is 23.1 Å². The molecule has 1 N–H and O–H groups in total. The Morgan fingerprint density at radius 3 is 2.32 bits per heavy atom. The standard InChI is InChI=1S/C25H19F4IN2O2/c1-25(2)22-20(30)7-14(23(33)31-11-17-18(28)9-16(27)10-19(17)29)8-21(22)32(24(25)34)12-13-4-3-5-15(26)6-13/h3-10H,11-12H2,1-2H3,(H,31,33). The highest BCUT2D eigenvalue weighted by molar-refractivity contribution is 14.1. The molecule has 0 unspecified atom stereocenters. The highest BCUT2D eigenvalue weighted by atomic mass is 127. The number of halogens is 5. The van der Waals surface area contributed by atoms with Gasteiger partial charge in [0.05, 0.1) is 17.6 Å². The maximum Gasteiger partial charge on any atom is 0.251 e. The molecule has 4 rings (SSSR count). The maximum absolute atomic E-state index is 13.9. The molecule has 0 radical (unpaired) electrons. The number of amides is 2. The highest BCUT2D eigenvalue weighted by Crippen LogP contribution is 2.45. The van der Waals surface area contributed by atoms with Crippen molar-refractivity contribution in [2.24, 2.45) is 0 Å². The third-order valence-corrected chi connectivity index (χ3v) is 6.64. The Kier molecular flexibility index (Phi) is 6.41. The number of hydrogen-bond donors (Lipinski definition) is 1. The van der Waals surface area contributed by atoms with Crippen LogP contribution in [0.3, 0.4) is 0 Å². The van der Waals surface area contributed by atoms with Crippen LogP contribution in [-0.4, -0.2) is 11.8 Å². The summed E-state index contributed by atoms with van der Waals surface area (Å²) in [4.78, 5) is 27.6. The largest absolute Gasteiger partial charge is 0.348 e. The molecule has 0 fully saturated rings. The number of carbonyl (C=O) groups is 2. The zero-order valence-corrected chi connectivity index (χ0v) is 20.3. The molecule has 4 nitrogen and oxygen atoms in total. The molecule has 3 aromatic carbocycles. The molecule has 0 aliphatic carbocycles. The second-order valence-corrected chi connectivity index (χ2v) is 9.69. The van der Waals surface area contributed by atoms with E-state index in [0.717, 1.165) is 5.56 Å². The lowest BCUT2D eigenvalue weighted by molar-refractivity contribution is -0.122. The summed E-state index contributed by atoms with van der Waals surface area (Å²) in [7, 11) is 0. The number of fused-ring (bicyclic) bond motifs is 1. The van der Waals surface area contributed by atoms with Crippen molar-refractivity contribution < 1.29 is 27.2 Å². The number of nitrogens with one attached hydrogen (secondary N) is 1. The highest BCUT2D eigenvalue weighted by Gasteiger charge is 2.45. The van der Waals surface area contributed by atoms with Crippen molar-refractivity contribution in [1.29, 1.82) is 0 Å². The smallest absolute Gasteiger partial charge is 0.251 e. The van der Waals surface area contributed by atoms with E-state index in [4.69, 9.17) is 0 Å². The molecule has 1 aliphatic heterocycles. The average Bonchev–Trinajstić information content (AvgIpc) is 2.93. The van der Waals surface area contributed by atoms with Crippen LogP contribution in [0.15, 0.2) is 48.5 Å². The Balaban J connectivity index is 1.65. The Labute approximate surface area is 207 Å². The number of hydrogen-bond acceptors (Lipinski definition) is 2. The average molecular weight is 582 g/mol. The van der Waals surface area contributed by atoms with Crippen LogP contribution < -0.4 is 10.2 Å². The third kappa shape index (κ3) is 4.40. The molecule has 0 aromatic heterocycles. The topological polar surface area (TPSA) is 49.4 Å². The molecule has 0 saturated carbocycles. The first kappa shape index (κ1) is 24.2. The van der Waals surface area contributed by atoms with E-state index in [-0.39, 0.29) is 18.0 Å². The van der Waals surface area contributed by atoms with Gasteiger partial charge in [-0.1, -0.05) is 12.1 Å². The summed E-state index contributed by atoms with van der Waals surface area (Å²) in [5, 5.41) is 2.44. The molecule has 0 bridgehead atoms. The summed E-state index contributed by atoms with van der Waals surface area (Å²) in [6, 6.07) is 10.1. The van der Waals surface area contributed by atoms with Gasteiger partial charge in [-0.3, -0.25) is 9.59 Å². The zero-order valence-electron chi connectivity index (χ0n) is 18.2. The molecular formula is C25H19F4IN2O2. The van der Waals surface area contributed by atoms with Gasteiger partial charge in [-0.05, 0) is 66.3 Å². The molecule has 176 valence electrons. The van der Waals surface area contributed by atoms with Crippen molar-refractivity contribution in [3.05, 3.63) is 97.6 Å². The van der Waals surface area contributed by atoms with Crippen molar-refractivity contribution in [3.8, 4) is 0 Å². The lowest BCUT2D eigenvalue weighted by Gasteiger charge is -2.20. The fraction of sp³-hybridized carbons (Fsp3) is 0.200. The predicted molar refractivity (Wildman–Crippen MR) is 127 cm³/mol. The van der Waals surface area contributed by atoms with E-state index in [2.05, 4.69) is 5.32 Å². The van der Waals surface area contributed by atoms with Crippen LogP contribution in [0.5, 0.6) is 0 Å². The van der Waals surface area contributed by atoms with Gasteiger partial charge >= 0.3 is 0 Å². The number of anilines is 1. The molecule has 2 amide bonds. The summed E-state index contributed by atoms with van der Waals surface area (Å²) in [5.74, 6) is -4.50. The van der Waals surface area contributed by atoms with Crippen LogP contribution in [0.4, 0.5) is 23.2 Å². The minimum absolute atomic E-state index is 0.111. The normalized spacial score (nSPS) is 14.3. The van der Waals surface area contributed by atoms with Gasteiger partial charge < -0.3 is 10.2 Å². The fourth-order valence-electron chi connectivity index (χ4n) is 4.10. The van der Waals surface area contributed by atoms with E-state index in [1.54, 1.807) is 32.0 Å². The third-order valence-electron chi connectivity index (χ3n) is 5.79. The van der Waals surface area contributed by atoms with Gasteiger partial charge in [0.1, 0.15) is 23.3 Å². The van der Waals surface area contributed by atoms with Gasteiger partial charge in [-0.25, -0.2) is 17.6 Å². The van der Waals surface area contributed by atoms with Gasteiger partial charge in [-0.2, -0.15) is 0 Å². The molecule has 3 aromatic rings. The van der Waals surface area contributed by atoms with Crippen molar-refractivity contribution in [2.45, 2.75) is 32.4 Å². The summed E-state index contributed by atoms with van der Waals surface area (Å²) < 4.78 is 55.3. The van der Waals surface area contributed by atoms with Gasteiger partial charge in [0.25, 0.3) is 5.91 Å². The molecule has 1 aliphatic rings. The molecular weight excluding hydrogens is 563 g/mol. The van der Waals surface area contributed by atoms with Gasteiger partial charge in [0.15, 0.2) is 0 Å². The Morgan fingerprint density at radius 1 is 1.00 bits per heavy atom. The molecule has 9 heteroatoms. The Hall–Kier alpha value is -2.95. The van der Waals surface area contributed by atoms with Gasteiger partial charge in [0.2, 0.25) is 5.91 Å². The minimum atomic E-state index is -1.10. The van der Waals surface area contributed by atoms with E-state index < -0.39 is 46.7 Å². The van der Waals surface area contributed by atoms with E-state index >= 15 is 0 Å². The van der Waals surface area contributed by atoms with E-state index in [9.17, 15) is 27.2 Å². The summed E-state index contributed by atoms with van der Waals surface area (Å²) in [6.45, 7) is 3.19. The summed E-state index contributed by atoms with van der Waals surface area (Å²) >= 11 is 2.04. The van der Waals surface area contributed by atoms with Crippen molar-refractivity contribution in [2.75, 3.05) is 4.90 Å². The first-order valence-electron chi connectivity index (χ1n) is 10.3. The predicted octanol–water partition coefficient (Wildman–Crippen LogP) is 5.60. The summed E-state index contributed by atoms with van der Waals surface area (Å²) in [5.41, 5.74) is 0.686. The quantitative estimate of drug-likeness (QED) is 0.315. The maximum atomic E-state index is 13.9. The number of rotatable bonds is 5. The van der Waals surface area contributed by atoms with Crippen LogP contribution in [-0.2, 0) is 23.3 Å². The fourth-order valence-corrected chi connectivity index (χ4v) is 5.38. The number of nitrogens with zero attached hydrogens (tertiary/aromatic N) is 1. The van der Waals surface area contributed by atoms with Crippen LogP contribution in [0.1, 0.15) is 40.9 Å². The Bertz CT molecular complexity index is 1300. The zero-order chi connectivity index (χ0) is 24.8. The summed E-state index contributed by atoms with van der Waals surface area (Å²) in [6.07, 6.45) is 0. The van der Waals surface area contributed by atoms with Gasteiger partial charge in [0, 0.05) is 38.9 Å². The van der Waals surface area contributed by atoms with Crippen molar-refractivity contribution in [3.63, 3.8) is 0 Å². The molecule has 0 saturated heterocycles.